The molecule has 0 saturated carbocycles. The zero-order valence-corrected chi connectivity index (χ0v) is 14.9. The molecule has 0 unspecified atom stereocenters. The van der Waals surface area contributed by atoms with E-state index >= 15 is 0 Å². The standard InChI is InChI=1S/C21H13N3O2S/c1-3-7-14(8-4-1)16-13-22-20(25-16)17-11-12-18(27-17)21-24-23-19(26-21)15-9-5-2-6-10-15/h1-13H. The van der Waals surface area contributed by atoms with Crippen LogP contribution in [0.25, 0.3) is 44.3 Å². The molecule has 0 aliphatic carbocycles. The Kier molecular flexibility index (Phi) is 3.88. The Hall–Kier alpha value is -3.51. The molecule has 0 aliphatic rings. The van der Waals surface area contributed by atoms with Crippen LogP contribution in [0, 0.1) is 0 Å². The fourth-order valence-electron chi connectivity index (χ4n) is 2.71. The molecule has 3 aromatic heterocycles. The van der Waals surface area contributed by atoms with Crippen LogP contribution >= 0.6 is 11.3 Å². The van der Waals surface area contributed by atoms with Crippen LogP contribution in [-0.2, 0) is 0 Å². The number of oxazole rings is 1. The number of hydrogen-bond donors (Lipinski definition) is 0. The van der Waals surface area contributed by atoms with Crippen LogP contribution in [0.1, 0.15) is 0 Å². The van der Waals surface area contributed by atoms with Crippen LogP contribution in [0.2, 0.25) is 0 Å². The first-order valence-electron chi connectivity index (χ1n) is 8.37. The van der Waals surface area contributed by atoms with Gasteiger partial charge in [-0.05, 0) is 24.3 Å². The summed E-state index contributed by atoms with van der Waals surface area (Å²) in [7, 11) is 0. The van der Waals surface area contributed by atoms with Gasteiger partial charge < -0.3 is 8.83 Å². The Balaban J connectivity index is 1.42. The fourth-order valence-corrected chi connectivity index (χ4v) is 3.57. The lowest BCUT2D eigenvalue weighted by molar-refractivity contribution is 0.586. The second-order valence-corrected chi connectivity index (χ2v) is 6.92. The van der Waals surface area contributed by atoms with E-state index in [0.717, 1.165) is 26.6 Å². The van der Waals surface area contributed by atoms with Gasteiger partial charge in [0, 0.05) is 11.1 Å². The maximum Gasteiger partial charge on any atom is 0.258 e. The summed E-state index contributed by atoms with van der Waals surface area (Å²) >= 11 is 1.50. The lowest BCUT2D eigenvalue weighted by Gasteiger charge is -1.94. The van der Waals surface area contributed by atoms with Crippen molar-refractivity contribution in [3.63, 3.8) is 0 Å². The van der Waals surface area contributed by atoms with Crippen molar-refractivity contribution in [1.29, 1.82) is 0 Å². The maximum atomic E-state index is 5.91. The third-order valence-electron chi connectivity index (χ3n) is 4.04. The summed E-state index contributed by atoms with van der Waals surface area (Å²) in [6.45, 7) is 0. The molecule has 0 aliphatic heterocycles. The van der Waals surface area contributed by atoms with Gasteiger partial charge in [-0.25, -0.2) is 4.98 Å². The maximum absolute atomic E-state index is 5.91. The summed E-state index contributed by atoms with van der Waals surface area (Å²) in [6.07, 6.45) is 1.74. The quantitative estimate of drug-likeness (QED) is 0.400. The van der Waals surface area contributed by atoms with Crippen molar-refractivity contribution in [2.24, 2.45) is 0 Å². The molecule has 0 atom stereocenters. The average molecular weight is 371 g/mol. The molecule has 0 radical (unpaired) electrons. The SMILES string of the molecule is c1ccc(-c2cnc(-c3ccc(-c4nnc(-c5ccccc5)o4)s3)o2)cc1. The number of benzene rings is 2. The molecule has 130 valence electrons. The van der Waals surface area contributed by atoms with Crippen LogP contribution in [-0.4, -0.2) is 15.2 Å². The van der Waals surface area contributed by atoms with Gasteiger partial charge in [-0.1, -0.05) is 48.5 Å². The van der Waals surface area contributed by atoms with Crippen molar-refractivity contribution in [3.05, 3.63) is 79.0 Å². The molecule has 0 spiro atoms. The molecule has 0 fully saturated rings. The Bertz CT molecular complexity index is 1080. The zero-order chi connectivity index (χ0) is 18.1. The Morgan fingerprint density at radius 2 is 1.22 bits per heavy atom. The third-order valence-corrected chi connectivity index (χ3v) is 5.10. The van der Waals surface area contributed by atoms with Gasteiger partial charge in [-0.15, -0.1) is 21.5 Å². The highest BCUT2D eigenvalue weighted by Gasteiger charge is 2.15. The summed E-state index contributed by atoms with van der Waals surface area (Å²) in [5, 5.41) is 8.30. The molecule has 0 bridgehead atoms. The number of rotatable bonds is 4. The zero-order valence-electron chi connectivity index (χ0n) is 14.1. The minimum atomic E-state index is 0.486. The predicted octanol–water partition coefficient (Wildman–Crippen LogP) is 5.79. The van der Waals surface area contributed by atoms with Gasteiger partial charge in [0.15, 0.2) is 5.76 Å². The molecular formula is C21H13N3O2S. The van der Waals surface area contributed by atoms with Crippen molar-refractivity contribution in [2.45, 2.75) is 0 Å². The summed E-state index contributed by atoms with van der Waals surface area (Å²) in [5.74, 6) is 2.31. The first-order valence-corrected chi connectivity index (χ1v) is 9.19. The molecule has 5 nitrogen and oxygen atoms in total. The van der Waals surface area contributed by atoms with E-state index in [0.29, 0.717) is 17.7 Å². The third kappa shape index (κ3) is 3.07. The molecule has 5 rings (SSSR count). The predicted molar refractivity (Wildman–Crippen MR) is 104 cm³/mol. The Morgan fingerprint density at radius 1 is 0.593 bits per heavy atom. The van der Waals surface area contributed by atoms with Crippen molar-refractivity contribution in [2.75, 3.05) is 0 Å². The van der Waals surface area contributed by atoms with Crippen LogP contribution < -0.4 is 0 Å². The van der Waals surface area contributed by atoms with Gasteiger partial charge >= 0.3 is 0 Å². The van der Waals surface area contributed by atoms with E-state index in [9.17, 15) is 0 Å². The molecule has 27 heavy (non-hydrogen) atoms. The van der Waals surface area contributed by atoms with Crippen LogP contribution in [0.5, 0.6) is 0 Å². The fraction of sp³-hybridized carbons (Fsp3) is 0. The number of nitrogens with zero attached hydrogens (tertiary/aromatic N) is 3. The molecular weight excluding hydrogens is 358 g/mol. The van der Waals surface area contributed by atoms with E-state index in [-0.39, 0.29) is 0 Å². The van der Waals surface area contributed by atoms with Crippen molar-refractivity contribution < 1.29 is 8.83 Å². The Labute approximate surface area is 159 Å². The van der Waals surface area contributed by atoms with Crippen molar-refractivity contribution >= 4 is 11.3 Å². The first-order chi connectivity index (χ1) is 13.4. The van der Waals surface area contributed by atoms with Gasteiger partial charge in [-0.3, -0.25) is 0 Å². The first kappa shape index (κ1) is 15.7. The minimum Gasteiger partial charge on any atom is -0.435 e. The molecule has 6 heteroatoms. The van der Waals surface area contributed by atoms with Gasteiger partial charge in [0.2, 0.25) is 11.8 Å². The van der Waals surface area contributed by atoms with E-state index in [1.165, 1.54) is 11.3 Å². The van der Waals surface area contributed by atoms with Crippen LogP contribution in [0.15, 0.2) is 87.8 Å². The van der Waals surface area contributed by atoms with Crippen molar-refractivity contribution in [1.82, 2.24) is 15.2 Å². The largest absolute Gasteiger partial charge is 0.435 e. The lowest BCUT2D eigenvalue weighted by atomic mass is 10.2. The molecule has 0 saturated heterocycles. The number of thiophene rings is 1. The monoisotopic (exact) mass is 371 g/mol. The van der Waals surface area contributed by atoms with E-state index in [2.05, 4.69) is 15.2 Å². The number of hydrogen-bond acceptors (Lipinski definition) is 6. The van der Waals surface area contributed by atoms with Crippen LogP contribution in [0.4, 0.5) is 0 Å². The lowest BCUT2D eigenvalue weighted by Crippen LogP contribution is -1.75. The normalized spacial score (nSPS) is 11.0. The van der Waals surface area contributed by atoms with E-state index in [4.69, 9.17) is 8.83 Å². The van der Waals surface area contributed by atoms with Crippen molar-refractivity contribution in [3.8, 4) is 44.3 Å². The highest BCUT2D eigenvalue weighted by Crippen LogP contribution is 2.35. The van der Waals surface area contributed by atoms with E-state index in [1.54, 1.807) is 6.20 Å². The molecule has 0 N–H and O–H groups in total. The van der Waals surface area contributed by atoms with E-state index < -0.39 is 0 Å². The summed E-state index contributed by atoms with van der Waals surface area (Å²) in [4.78, 5) is 6.18. The van der Waals surface area contributed by atoms with Gasteiger partial charge in [0.05, 0.1) is 16.0 Å². The molecule has 3 heterocycles. The average Bonchev–Trinajstić information content (AvgIpc) is 3.49. The topological polar surface area (TPSA) is 65.0 Å². The smallest absolute Gasteiger partial charge is 0.258 e. The Morgan fingerprint density at radius 3 is 1.96 bits per heavy atom. The second-order valence-electron chi connectivity index (χ2n) is 5.84. The number of aromatic nitrogens is 3. The molecule has 5 aromatic rings. The molecule has 2 aromatic carbocycles. The van der Waals surface area contributed by atoms with E-state index in [1.807, 2.05) is 72.8 Å². The minimum absolute atomic E-state index is 0.486. The summed E-state index contributed by atoms with van der Waals surface area (Å²) in [5.41, 5.74) is 1.89. The van der Waals surface area contributed by atoms with Gasteiger partial charge in [0.25, 0.3) is 5.89 Å². The summed E-state index contributed by atoms with van der Waals surface area (Å²) in [6, 6.07) is 23.5. The molecule has 0 amide bonds. The summed E-state index contributed by atoms with van der Waals surface area (Å²) < 4.78 is 11.7. The highest BCUT2D eigenvalue weighted by atomic mass is 32.1. The second kappa shape index (κ2) is 6.66. The van der Waals surface area contributed by atoms with Gasteiger partial charge in [-0.2, -0.15) is 0 Å². The van der Waals surface area contributed by atoms with Gasteiger partial charge in [0.1, 0.15) is 0 Å². The van der Waals surface area contributed by atoms with Crippen LogP contribution in [0.3, 0.4) is 0 Å². The highest BCUT2D eigenvalue weighted by molar-refractivity contribution is 7.18.